The van der Waals surface area contributed by atoms with Gasteiger partial charge in [0.05, 0.1) is 11.4 Å². The van der Waals surface area contributed by atoms with Crippen LogP contribution in [0.4, 0.5) is 5.82 Å². The molecule has 31 heavy (non-hydrogen) atoms. The lowest BCUT2D eigenvalue weighted by Crippen LogP contribution is -2.26. The minimum atomic E-state index is -0.281. The van der Waals surface area contributed by atoms with Crippen molar-refractivity contribution in [1.82, 2.24) is 25.3 Å². The zero-order chi connectivity index (χ0) is 21.2. The lowest BCUT2D eigenvalue weighted by molar-refractivity contribution is 0.433. The highest BCUT2D eigenvalue weighted by molar-refractivity contribution is 5.99. The van der Waals surface area contributed by atoms with Gasteiger partial charge < -0.3 is 15.8 Å². The molecule has 0 radical (unpaired) electrons. The van der Waals surface area contributed by atoms with Crippen molar-refractivity contribution in [2.75, 3.05) is 18.8 Å². The molecule has 1 saturated heterocycles. The SMILES string of the molecule is Nc1n[nH]c(=O)c2c1c(-c1ccc(Oc3ccccc3)cc1)nn2C1CCCCNC1. The van der Waals surface area contributed by atoms with E-state index in [1.165, 1.54) is 0 Å². The fraction of sp³-hybridized carbons (Fsp3) is 0.261. The van der Waals surface area contributed by atoms with Crippen LogP contribution in [0.2, 0.25) is 0 Å². The number of aromatic nitrogens is 4. The van der Waals surface area contributed by atoms with E-state index in [1.807, 2.05) is 59.3 Å². The van der Waals surface area contributed by atoms with Crippen LogP contribution in [0.5, 0.6) is 11.5 Å². The summed E-state index contributed by atoms with van der Waals surface area (Å²) >= 11 is 0. The van der Waals surface area contributed by atoms with E-state index in [-0.39, 0.29) is 17.4 Å². The number of anilines is 1. The predicted octanol–water partition coefficient (Wildman–Crippen LogP) is 3.48. The van der Waals surface area contributed by atoms with Gasteiger partial charge in [0, 0.05) is 12.1 Å². The highest BCUT2D eigenvalue weighted by Crippen LogP contribution is 2.33. The third kappa shape index (κ3) is 3.77. The third-order valence-corrected chi connectivity index (χ3v) is 5.63. The average molecular weight is 416 g/mol. The Balaban J connectivity index is 1.56. The van der Waals surface area contributed by atoms with Crippen LogP contribution in [0, 0.1) is 0 Å². The van der Waals surface area contributed by atoms with Gasteiger partial charge in [-0.1, -0.05) is 24.6 Å². The molecule has 1 fully saturated rings. The summed E-state index contributed by atoms with van der Waals surface area (Å²) in [5.41, 5.74) is 7.89. The fourth-order valence-electron chi connectivity index (χ4n) is 4.10. The van der Waals surface area contributed by atoms with Crippen molar-refractivity contribution in [2.45, 2.75) is 25.3 Å². The van der Waals surface area contributed by atoms with E-state index in [1.54, 1.807) is 0 Å². The molecule has 5 rings (SSSR count). The number of nitrogen functional groups attached to an aromatic ring is 1. The summed E-state index contributed by atoms with van der Waals surface area (Å²) in [6.07, 6.45) is 3.15. The monoisotopic (exact) mass is 416 g/mol. The fourth-order valence-corrected chi connectivity index (χ4v) is 4.10. The molecule has 1 atom stereocenters. The summed E-state index contributed by atoms with van der Waals surface area (Å²) in [6.45, 7) is 1.74. The molecular weight excluding hydrogens is 392 g/mol. The Morgan fingerprint density at radius 2 is 1.81 bits per heavy atom. The van der Waals surface area contributed by atoms with Gasteiger partial charge in [0.15, 0.2) is 5.82 Å². The maximum Gasteiger partial charge on any atom is 0.290 e. The number of nitrogens with two attached hydrogens (primary N) is 1. The maximum absolute atomic E-state index is 12.7. The van der Waals surface area contributed by atoms with Crippen molar-refractivity contribution in [2.24, 2.45) is 0 Å². The summed E-state index contributed by atoms with van der Waals surface area (Å²) in [6, 6.07) is 17.3. The number of ether oxygens (including phenoxy) is 1. The molecule has 4 N–H and O–H groups in total. The van der Waals surface area contributed by atoms with Crippen molar-refractivity contribution < 1.29 is 4.74 Å². The van der Waals surface area contributed by atoms with Gasteiger partial charge in [-0.05, 0) is 55.8 Å². The minimum absolute atomic E-state index is 0.0855. The molecule has 0 spiro atoms. The second-order valence-corrected chi connectivity index (χ2v) is 7.75. The van der Waals surface area contributed by atoms with Crippen molar-refractivity contribution in [3.63, 3.8) is 0 Å². The number of fused-ring (bicyclic) bond motifs is 1. The van der Waals surface area contributed by atoms with Crippen LogP contribution in [0.3, 0.4) is 0 Å². The van der Waals surface area contributed by atoms with Crippen LogP contribution >= 0.6 is 0 Å². The molecule has 1 unspecified atom stereocenters. The summed E-state index contributed by atoms with van der Waals surface area (Å²) in [5, 5.41) is 15.4. The Morgan fingerprint density at radius 3 is 2.61 bits per heavy atom. The Bertz CT molecular complexity index is 1240. The van der Waals surface area contributed by atoms with E-state index < -0.39 is 0 Å². The van der Waals surface area contributed by atoms with Crippen molar-refractivity contribution in [3.8, 4) is 22.8 Å². The van der Waals surface area contributed by atoms with Gasteiger partial charge in [-0.2, -0.15) is 10.2 Å². The van der Waals surface area contributed by atoms with Crippen molar-refractivity contribution in [1.29, 1.82) is 0 Å². The number of hydrogen-bond donors (Lipinski definition) is 3. The second kappa shape index (κ2) is 8.23. The minimum Gasteiger partial charge on any atom is -0.457 e. The molecule has 3 heterocycles. The Kier molecular flexibility index (Phi) is 5.13. The standard InChI is InChI=1S/C23H24N6O2/c24-22-19-20(15-9-11-18(12-10-15)31-17-7-2-1-3-8-17)28-29(21(19)23(30)27-26-22)16-6-4-5-13-25-14-16/h1-3,7-12,16,25H,4-6,13-14H2,(H2,24,26)(H,27,30). The lowest BCUT2D eigenvalue weighted by atomic mass is 10.1. The zero-order valence-corrected chi connectivity index (χ0v) is 17.0. The van der Waals surface area contributed by atoms with Gasteiger partial charge in [-0.3, -0.25) is 9.48 Å². The van der Waals surface area contributed by atoms with Gasteiger partial charge >= 0.3 is 0 Å². The van der Waals surface area contributed by atoms with Crippen LogP contribution in [-0.2, 0) is 0 Å². The third-order valence-electron chi connectivity index (χ3n) is 5.63. The number of H-pyrrole nitrogens is 1. The van der Waals surface area contributed by atoms with E-state index in [0.29, 0.717) is 16.6 Å². The maximum atomic E-state index is 12.7. The van der Waals surface area contributed by atoms with Crippen molar-refractivity contribution in [3.05, 3.63) is 65.0 Å². The van der Waals surface area contributed by atoms with Crippen LogP contribution in [0.25, 0.3) is 22.2 Å². The molecule has 2 aromatic carbocycles. The van der Waals surface area contributed by atoms with Gasteiger partial charge in [0.25, 0.3) is 5.56 Å². The topological polar surface area (TPSA) is 111 Å². The first-order valence-corrected chi connectivity index (χ1v) is 10.5. The van der Waals surface area contributed by atoms with Crippen molar-refractivity contribution >= 4 is 16.7 Å². The number of benzene rings is 2. The molecule has 0 saturated carbocycles. The largest absolute Gasteiger partial charge is 0.457 e. The summed E-state index contributed by atoms with van der Waals surface area (Å²) in [5.74, 6) is 1.75. The number of hydrogen-bond acceptors (Lipinski definition) is 6. The van der Waals surface area contributed by atoms with E-state index in [0.717, 1.165) is 49.4 Å². The summed E-state index contributed by atoms with van der Waals surface area (Å²) in [4.78, 5) is 12.7. The Morgan fingerprint density at radius 1 is 1.03 bits per heavy atom. The number of aromatic amines is 1. The lowest BCUT2D eigenvalue weighted by Gasteiger charge is -2.15. The molecule has 2 aromatic heterocycles. The average Bonchev–Trinajstić information content (AvgIpc) is 3.00. The Hall–Kier alpha value is -3.65. The number of para-hydroxylation sites is 1. The molecule has 4 aromatic rings. The molecular formula is C23H24N6O2. The zero-order valence-electron chi connectivity index (χ0n) is 17.0. The van der Waals surface area contributed by atoms with Crippen LogP contribution in [-0.4, -0.2) is 33.1 Å². The van der Waals surface area contributed by atoms with Gasteiger partial charge in [0.1, 0.15) is 22.7 Å². The molecule has 0 bridgehead atoms. The van der Waals surface area contributed by atoms with Gasteiger partial charge in [-0.15, -0.1) is 0 Å². The number of nitrogens with zero attached hydrogens (tertiary/aromatic N) is 3. The summed E-state index contributed by atoms with van der Waals surface area (Å²) in [7, 11) is 0. The van der Waals surface area contributed by atoms with Crippen LogP contribution < -0.4 is 21.3 Å². The molecule has 8 nitrogen and oxygen atoms in total. The molecule has 1 aliphatic rings. The molecule has 0 amide bonds. The van der Waals surface area contributed by atoms with E-state index in [4.69, 9.17) is 15.6 Å². The molecule has 1 aliphatic heterocycles. The molecule has 0 aliphatic carbocycles. The highest BCUT2D eigenvalue weighted by Gasteiger charge is 2.24. The van der Waals surface area contributed by atoms with Crippen LogP contribution in [0.1, 0.15) is 25.3 Å². The smallest absolute Gasteiger partial charge is 0.290 e. The molecule has 158 valence electrons. The summed E-state index contributed by atoms with van der Waals surface area (Å²) < 4.78 is 7.72. The normalized spacial score (nSPS) is 16.8. The highest BCUT2D eigenvalue weighted by atomic mass is 16.5. The first-order valence-electron chi connectivity index (χ1n) is 10.5. The van der Waals surface area contributed by atoms with E-state index in [2.05, 4.69) is 15.5 Å². The number of rotatable bonds is 4. The quantitative estimate of drug-likeness (QED) is 0.470. The van der Waals surface area contributed by atoms with Gasteiger partial charge in [0.2, 0.25) is 0 Å². The van der Waals surface area contributed by atoms with Crippen LogP contribution in [0.15, 0.2) is 59.4 Å². The van der Waals surface area contributed by atoms with Gasteiger partial charge in [-0.25, -0.2) is 5.10 Å². The second-order valence-electron chi connectivity index (χ2n) is 7.75. The first-order chi connectivity index (χ1) is 15.2. The Labute approximate surface area is 179 Å². The number of nitrogens with one attached hydrogen (secondary N) is 2. The first kappa shape index (κ1) is 19.3. The molecule has 8 heteroatoms. The van der Waals surface area contributed by atoms with E-state index in [9.17, 15) is 4.79 Å². The predicted molar refractivity (Wildman–Crippen MR) is 120 cm³/mol. The van der Waals surface area contributed by atoms with E-state index >= 15 is 0 Å².